The molecule has 3 rings (SSSR count). The van der Waals surface area contributed by atoms with Crippen LogP contribution in [0.1, 0.15) is 10.4 Å². The van der Waals surface area contributed by atoms with Crippen molar-refractivity contribution in [3.05, 3.63) is 67.4 Å². The van der Waals surface area contributed by atoms with E-state index in [1.807, 2.05) is 0 Å². The Balaban J connectivity index is 1.96. The maximum Gasteiger partial charge on any atom is 0.327 e. The van der Waals surface area contributed by atoms with E-state index < -0.39 is 17.2 Å². The summed E-state index contributed by atoms with van der Waals surface area (Å²) in [4.78, 5) is 43.5. The van der Waals surface area contributed by atoms with Crippen LogP contribution in [0, 0.1) is 0 Å². The number of fused-ring (bicyclic) bond motifs is 1. The third-order valence-electron chi connectivity index (χ3n) is 2.96. The number of hydrogen-bond donors (Lipinski definition) is 3. The fraction of sp³-hybridized carbons (Fsp3) is 0. The molecule has 8 heteroatoms. The molecule has 0 saturated heterocycles. The van der Waals surface area contributed by atoms with Crippen molar-refractivity contribution in [2.75, 3.05) is 5.32 Å². The van der Waals surface area contributed by atoms with Gasteiger partial charge < -0.3 is 5.32 Å². The normalized spacial score (nSPS) is 10.6. The molecule has 22 heavy (non-hydrogen) atoms. The Labute approximate surface area is 131 Å². The van der Waals surface area contributed by atoms with Crippen LogP contribution in [0.15, 0.2) is 50.6 Å². The monoisotopic (exact) mass is 360 g/mol. The van der Waals surface area contributed by atoms with Gasteiger partial charge in [0, 0.05) is 16.4 Å². The van der Waals surface area contributed by atoms with Gasteiger partial charge in [-0.05, 0) is 30.3 Å². The molecule has 0 aliphatic carbocycles. The van der Waals surface area contributed by atoms with E-state index >= 15 is 0 Å². The van der Waals surface area contributed by atoms with Gasteiger partial charge >= 0.3 is 5.69 Å². The van der Waals surface area contributed by atoms with Gasteiger partial charge in [0.25, 0.3) is 11.5 Å². The number of pyridine rings is 1. The molecule has 0 bridgehead atoms. The van der Waals surface area contributed by atoms with Gasteiger partial charge in [-0.25, -0.2) is 9.78 Å². The molecule has 0 aliphatic heterocycles. The summed E-state index contributed by atoms with van der Waals surface area (Å²) in [6.45, 7) is 0. The topological polar surface area (TPSA) is 108 Å². The molecule has 0 spiro atoms. The molecule has 110 valence electrons. The number of carbonyl (C=O) groups is 1. The van der Waals surface area contributed by atoms with Crippen LogP contribution in [0.4, 0.5) is 5.69 Å². The number of hydrogen-bond acceptors (Lipinski definition) is 4. The van der Waals surface area contributed by atoms with Crippen molar-refractivity contribution in [2.45, 2.75) is 0 Å². The van der Waals surface area contributed by atoms with Crippen LogP contribution in [0.5, 0.6) is 0 Å². The lowest BCUT2D eigenvalue weighted by Gasteiger charge is -2.05. The van der Waals surface area contributed by atoms with Gasteiger partial charge in [0.05, 0.1) is 10.9 Å². The van der Waals surface area contributed by atoms with Crippen LogP contribution in [0.25, 0.3) is 11.0 Å². The van der Waals surface area contributed by atoms with Crippen molar-refractivity contribution in [1.29, 1.82) is 0 Å². The number of rotatable bonds is 2. The average Bonchev–Trinajstić information content (AvgIpc) is 2.49. The maximum atomic E-state index is 12.2. The summed E-state index contributed by atoms with van der Waals surface area (Å²) < 4.78 is 0.897. The number of amides is 1. The molecular weight excluding hydrogens is 352 g/mol. The van der Waals surface area contributed by atoms with Crippen molar-refractivity contribution in [1.82, 2.24) is 15.0 Å². The molecule has 2 aromatic heterocycles. The zero-order valence-corrected chi connectivity index (χ0v) is 12.6. The second kappa shape index (κ2) is 5.57. The first-order chi connectivity index (χ1) is 10.5. The highest BCUT2D eigenvalue weighted by Gasteiger charge is 2.10. The van der Waals surface area contributed by atoms with E-state index in [0.717, 1.165) is 4.47 Å². The molecule has 3 aromatic rings. The van der Waals surface area contributed by atoms with Crippen LogP contribution in [-0.4, -0.2) is 20.9 Å². The van der Waals surface area contributed by atoms with Gasteiger partial charge in [-0.3, -0.25) is 19.6 Å². The summed E-state index contributed by atoms with van der Waals surface area (Å²) in [5.41, 5.74) is -0.271. The Hall–Kier alpha value is -2.74. The third kappa shape index (κ3) is 2.82. The van der Waals surface area contributed by atoms with E-state index in [1.54, 1.807) is 24.3 Å². The zero-order chi connectivity index (χ0) is 15.7. The number of aromatic nitrogens is 3. The van der Waals surface area contributed by atoms with Crippen LogP contribution < -0.4 is 16.6 Å². The summed E-state index contributed by atoms with van der Waals surface area (Å²) in [7, 11) is 0. The van der Waals surface area contributed by atoms with Crippen LogP contribution >= 0.6 is 15.9 Å². The van der Waals surface area contributed by atoms with Crippen molar-refractivity contribution < 1.29 is 4.79 Å². The van der Waals surface area contributed by atoms with Crippen molar-refractivity contribution >= 4 is 38.6 Å². The molecule has 1 aromatic carbocycles. The largest absolute Gasteiger partial charge is 0.327 e. The molecular formula is C14H9BrN4O3. The van der Waals surface area contributed by atoms with Crippen LogP contribution in [0.3, 0.4) is 0 Å². The predicted octanol–water partition coefficient (Wildman–Crippen LogP) is 1.63. The minimum atomic E-state index is -0.642. The first-order valence-electron chi connectivity index (χ1n) is 6.22. The van der Waals surface area contributed by atoms with Crippen molar-refractivity contribution in [2.24, 2.45) is 0 Å². The fourth-order valence-corrected chi connectivity index (χ4v) is 2.17. The zero-order valence-electron chi connectivity index (χ0n) is 11.0. The fourth-order valence-electron chi connectivity index (χ4n) is 1.91. The molecule has 3 N–H and O–H groups in total. The van der Waals surface area contributed by atoms with Gasteiger partial charge in [0.2, 0.25) is 0 Å². The van der Waals surface area contributed by atoms with E-state index in [4.69, 9.17) is 0 Å². The molecule has 2 heterocycles. The van der Waals surface area contributed by atoms with E-state index in [-0.39, 0.29) is 16.6 Å². The van der Waals surface area contributed by atoms with Gasteiger partial charge in [0.1, 0.15) is 5.65 Å². The van der Waals surface area contributed by atoms with E-state index in [0.29, 0.717) is 5.69 Å². The number of halogens is 1. The highest BCUT2D eigenvalue weighted by atomic mass is 79.9. The van der Waals surface area contributed by atoms with Crippen molar-refractivity contribution in [3.8, 4) is 0 Å². The van der Waals surface area contributed by atoms with E-state index in [9.17, 15) is 14.4 Å². The number of nitrogens with zero attached hydrogens (tertiary/aromatic N) is 1. The standard InChI is InChI=1S/C14H9BrN4O3/c15-8-1-3-9(4-2-8)17-12(20)7-5-10-11(16-6-7)18-14(22)19-13(10)21/h1-6H,(H,17,20)(H2,16,18,19,21,22). The van der Waals surface area contributed by atoms with E-state index in [2.05, 4.69) is 36.2 Å². The first-order valence-corrected chi connectivity index (χ1v) is 7.01. The number of benzene rings is 1. The predicted molar refractivity (Wildman–Crippen MR) is 85.1 cm³/mol. The Morgan fingerprint density at radius 2 is 1.86 bits per heavy atom. The molecule has 0 saturated carbocycles. The molecule has 0 atom stereocenters. The molecule has 0 fully saturated rings. The molecule has 7 nitrogen and oxygen atoms in total. The quantitative estimate of drug-likeness (QED) is 0.645. The second-order valence-electron chi connectivity index (χ2n) is 4.49. The second-order valence-corrected chi connectivity index (χ2v) is 5.41. The number of aromatic amines is 2. The van der Waals surface area contributed by atoms with Gasteiger partial charge in [-0.15, -0.1) is 0 Å². The lowest BCUT2D eigenvalue weighted by atomic mass is 10.2. The maximum absolute atomic E-state index is 12.2. The SMILES string of the molecule is O=C(Nc1ccc(Br)cc1)c1cnc2[nH]c(=O)[nH]c(=O)c2c1. The summed E-state index contributed by atoms with van der Waals surface area (Å²) in [6.07, 6.45) is 1.30. The molecule has 0 unspecified atom stereocenters. The molecule has 1 amide bonds. The van der Waals surface area contributed by atoms with Crippen LogP contribution in [0.2, 0.25) is 0 Å². The van der Waals surface area contributed by atoms with Crippen LogP contribution in [-0.2, 0) is 0 Å². The highest BCUT2D eigenvalue weighted by molar-refractivity contribution is 9.10. The number of carbonyl (C=O) groups excluding carboxylic acids is 1. The Kier molecular flexibility index (Phi) is 3.60. The van der Waals surface area contributed by atoms with Gasteiger partial charge in [-0.2, -0.15) is 0 Å². The number of anilines is 1. The smallest absolute Gasteiger partial charge is 0.322 e. The molecule has 0 aliphatic rings. The third-order valence-corrected chi connectivity index (χ3v) is 3.48. The average molecular weight is 361 g/mol. The Bertz CT molecular complexity index is 976. The Morgan fingerprint density at radius 3 is 2.59 bits per heavy atom. The minimum Gasteiger partial charge on any atom is -0.322 e. The Morgan fingerprint density at radius 1 is 1.14 bits per heavy atom. The summed E-state index contributed by atoms with van der Waals surface area (Å²) in [5.74, 6) is -0.401. The van der Waals surface area contributed by atoms with Crippen molar-refractivity contribution in [3.63, 3.8) is 0 Å². The molecule has 0 radical (unpaired) electrons. The number of nitrogens with one attached hydrogen (secondary N) is 3. The summed E-state index contributed by atoms with van der Waals surface area (Å²) in [5, 5.41) is 2.84. The summed E-state index contributed by atoms with van der Waals surface area (Å²) in [6, 6.07) is 8.44. The van der Waals surface area contributed by atoms with E-state index in [1.165, 1.54) is 12.3 Å². The number of H-pyrrole nitrogens is 2. The lowest BCUT2D eigenvalue weighted by molar-refractivity contribution is 0.102. The minimum absolute atomic E-state index is 0.133. The summed E-state index contributed by atoms with van der Waals surface area (Å²) >= 11 is 3.31. The lowest BCUT2D eigenvalue weighted by Crippen LogP contribution is -2.23. The highest BCUT2D eigenvalue weighted by Crippen LogP contribution is 2.15. The van der Waals surface area contributed by atoms with Gasteiger partial charge in [-0.1, -0.05) is 15.9 Å². The van der Waals surface area contributed by atoms with Gasteiger partial charge in [0.15, 0.2) is 0 Å². The first kappa shape index (κ1) is 14.2.